The molecule has 2 aromatic rings. The van der Waals surface area contributed by atoms with Crippen LogP contribution in [0.25, 0.3) is 0 Å². The molecule has 0 bridgehead atoms. The van der Waals surface area contributed by atoms with Gasteiger partial charge in [0.15, 0.2) is 0 Å². The molecule has 2 aromatic carbocycles. The van der Waals surface area contributed by atoms with Crippen LogP contribution >= 0.6 is 0 Å². The average Bonchev–Trinajstić information content (AvgIpc) is 3.06. The fourth-order valence-electron chi connectivity index (χ4n) is 3.53. The van der Waals surface area contributed by atoms with Crippen LogP contribution in [0.3, 0.4) is 0 Å². The summed E-state index contributed by atoms with van der Waals surface area (Å²) in [6, 6.07) is 16.2. The molecular formula is C20H22N2O2. The van der Waals surface area contributed by atoms with Crippen LogP contribution in [0.15, 0.2) is 48.5 Å². The summed E-state index contributed by atoms with van der Waals surface area (Å²) in [6.07, 6.45) is 0.940. The number of benzene rings is 2. The SMILES string of the molecule is O=C(c1cccc(CN2CCOCC2)c1)N1CCc2ccccc21. The maximum Gasteiger partial charge on any atom is 0.258 e. The number of amides is 1. The van der Waals surface area contributed by atoms with Crippen molar-refractivity contribution in [3.8, 4) is 0 Å². The summed E-state index contributed by atoms with van der Waals surface area (Å²) in [5, 5.41) is 0. The van der Waals surface area contributed by atoms with E-state index in [1.807, 2.05) is 41.3 Å². The molecule has 1 fully saturated rings. The molecule has 0 N–H and O–H groups in total. The van der Waals surface area contributed by atoms with Gasteiger partial charge in [-0.1, -0.05) is 30.3 Å². The number of para-hydroxylation sites is 1. The third-order valence-corrected chi connectivity index (χ3v) is 4.82. The van der Waals surface area contributed by atoms with Gasteiger partial charge in [0.25, 0.3) is 5.91 Å². The van der Waals surface area contributed by atoms with E-state index in [-0.39, 0.29) is 5.91 Å². The van der Waals surface area contributed by atoms with Gasteiger partial charge in [-0.2, -0.15) is 0 Å². The van der Waals surface area contributed by atoms with E-state index in [2.05, 4.69) is 17.0 Å². The quantitative estimate of drug-likeness (QED) is 0.871. The molecule has 0 aromatic heterocycles. The molecule has 0 spiro atoms. The Morgan fingerprint density at radius 2 is 1.83 bits per heavy atom. The highest BCUT2D eigenvalue weighted by Crippen LogP contribution is 2.29. The fourth-order valence-corrected chi connectivity index (χ4v) is 3.53. The van der Waals surface area contributed by atoms with Crippen molar-refractivity contribution in [2.24, 2.45) is 0 Å². The molecule has 2 aliphatic heterocycles. The number of morpholine rings is 1. The second kappa shape index (κ2) is 6.75. The highest BCUT2D eigenvalue weighted by molar-refractivity contribution is 6.07. The van der Waals surface area contributed by atoms with Crippen molar-refractivity contribution in [3.63, 3.8) is 0 Å². The molecule has 2 heterocycles. The fraction of sp³-hybridized carbons (Fsp3) is 0.350. The number of fused-ring (bicyclic) bond motifs is 1. The number of carbonyl (C=O) groups excluding carboxylic acids is 1. The molecule has 4 nitrogen and oxygen atoms in total. The zero-order chi connectivity index (χ0) is 16.4. The minimum atomic E-state index is 0.101. The Morgan fingerprint density at radius 3 is 2.71 bits per heavy atom. The molecule has 0 radical (unpaired) electrons. The van der Waals surface area contributed by atoms with E-state index in [1.54, 1.807) is 0 Å². The van der Waals surface area contributed by atoms with Gasteiger partial charge in [-0.05, 0) is 35.7 Å². The van der Waals surface area contributed by atoms with E-state index < -0.39 is 0 Å². The first-order chi connectivity index (χ1) is 11.8. The lowest BCUT2D eigenvalue weighted by Gasteiger charge is -2.26. The molecule has 0 saturated carbocycles. The zero-order valence-electron chi connectivity index (χ0n) is 13.8. The van der Waals surface area contributed by atoms with E-state index in [9.17, 15) is 4.79 Å². The van der Waals surface area contributed by atoms with Crippen LogP contribution in [0.4, 0.5) is 5.69 Å². The van der Waals surface area contributed by atoms with Crippen molar-refractivity contribution in [1.82, 2.24) is 4.90 Å². The van der Waals surface area contributed by atoms with Gasteiger partial charge in [0.1, 0.15) is 0 Å². The smallest absolute Gasteiger partial charge is 0.258 e. The Bertz CT molecular complexity index is 738. The van der Waals surface area contributed by atoms with Crippen LogP contribution in [0, 0.1) is 0 Å². The number of hydrogen-bond donors (Lipinski definition) is 0. The first kappa shape index (κ1) is 15.4. The van der Waals surface area contributed by atoms with Crippen LogP contribution in [0.1, 0.15) is 21.5 Å². The topological polar surface area (TPSA) is 32.8 Å². The predicted molar refractivity (Wildman–Crippen MR) is 94.4 cm³/mol. The lowest BCUT2D eigenvalue weighted by molar-refractivity contribution is 0.0342. The van der Waals surface area contributed by atoms with E-state index in [1.165, 1.54) is 11.1 Å². The molecule has 124 valence electrons. The Balaban J connectivity index is 1.52. The third kappa shape index (κ3) is 3.07. The molecule has 24 heavy (non-hydrogen) atoms. The molecular weight excluding hydrogens is 300 g/mol. The Kier molecular flexibility index (Phi) is 4.32. The van der Waals surface area contributed by atoms with Gasteiger partial charge in [-0.3, -0.25) is 9.69 Å². The van der Waals surface area contributed by atoms with Gasteiger partial charge in [0.05, 0.1) is 13.2 Å². The second-order valence-corrected chi connectivity index (χ2v) is 6.42. The first-order valence-corrected chi connectivity index (χ1v) is 8.60. The van der Waals surface area contributed by atoms with Crippen LogP contribution < -0.4 is 4.90 Å². The number of anilines is 1. The number of hydrogen-bond acceptors (Lipinski definition) is 3. The van der Waals surface area contributed by atoms with Crippen LogP contribution in [0.2, 0.25) is 0 Å². The number of nitrogens with zero attached hydrogens (tertiary/aromatic N) is 2. The van der Waals surface area contributed by atoms with Crippen molar-refractivity contribution < 1.29 is 9.53 Å². The summed E-state index contributed by atoms with van der Waals surface area (Å²) < 4.78 is 5.40. The second-order valence-electron chi connectivity index (χ2n) is 6.42. The van der Waals surface area contributed by atoms with Crippen molar-refractivity contribution in [2.75, 3.05) is 37.7 Å². The van der Waals surface area contributed by atoms with Crippen LogP contribution in [-0.4, -0.2) is 43.7 Å². The van der Waals surface area contributed by atoms with Gasteiger partial charge in [-0.15, -0.1) is 0 Å². The molecule has 1 amide bonds. The summed E-state index contributed by atoms with van der Waals surface area (Å²) in [7, 11) is 0. The van der Waals surface area contributed by atoms with Gasteiger partial charge in [0.2, 0.25) is 0 Å². The molecule has 2 aliphatic rings. The highest BCUT2D eigenvalue weighted by atomic mass is 16.5. The van der Waals surface area contributed by atoms with Gasteiger partial charge in [-0.25, -0.2) is 0 Å². The largest absolute Gasteiger partial charge is 0.379 e. The van der Waals surface area contributed by atoms with E-state index in [4.69, 9.17) is 4.74 Å². The standard InChI is InChI=1S/C20H22N2O2/c23-20(22-9-8-17-5-1-2-7-19(17)22)18-6-3-4-16(14-18)15-21-10-12-24-13-11-21/h1-7,14H,8-13,15H2. The lowest BCUT2D eigenvalue weighted by atomic mass is 10.1. The maximum absolute atomic E-state index is 12.9. The molecule has 4 rings (SSSR count). The van der Waals surface area contributed by atoms with Crippen molar-refractivity contribution >= 4 is 11.6 Å². The van der Waals surface area contributed by atoms with E-state index in [0.29, 0.717) is 0 Å². The zero-order valence-corrected chi connectivity index (χ0v) is 13.8. The molecule has 4 heteroatoms. The van der Waals surface area contributed by atoms with Crippen molar-refractivity contribution in [2.45, 2.75) is 13.0 Å². The normalized spacial score (nSPS) is 17.8. The highest BCUT2D eigenvalue weighted by Gasteiger charge is 2.25. The van der Waals surface area contributed by atoms with Crippen molar-refractivity contribution in [3.05, 3.63) is 65.2 Å². The summed E-state index contributed by atoms with van der Waals surface area (Å²) >= 11 is 0. The van der Waals surface area contributed by atoms with Crippen LogP contribution in [0.5, 0.6) is 0 Å². The average molecular weight is 322 g/mol. The van der Waals surface area contributed by atoms with E-state index in [0.717, 1.165) is 57.1 Å². The summed E-state index contributed by atoms with van der Waals surface area (Å²) in [5.74, 6) is 0.101. The van der Waals surface area contributed by atoms with Gasteiger partial charge >= 0.3 is 0 Å². The van der Waals surface area contributed by atoms with Crippen LogP contribution in [-0.2, 0) is 17.7 Å². The molecule has 1 saturated heterocycles. The molecule has 0 unspecified atom stereocenters. The van der Waals surface area contributed by atoms with Gasteiger partial charge in [0, 0.05) is 37.4 Å². The Hall–Kier alpha value is -2.17. The summed E-state index contributed by atoms with van der Waals surface area (Å²) in [6.45, 7) is 5.15. The number of carbonyl (C=O) groups is 1. The lowest BCUT2D eigenvalue weighted by Crippen LogP contribution is -2.35. The Morgan fingerprint density at radius 1 is 1.00 bits per heavy atom. The Labute approximate surface area is 142 Å². The molecule has 0 atom stereocenters. The minimum absolute atomic E-state index is 0.101. The predicted octanol–water partition coefficient (Wildman–Crippen LogP) is 2.72. The number of ether oxygens (including phenoxy) is 1. The van der Waals surface area contributed by atoms with Gasteiger partial charge < -0.3 is 9.64 Å². The van der Waals surface area contributed by atoms with Crippen molar-refractivity contribution in [1.29, 1.82) is 0 Å². The minimum Gasteiger partial charge on any atom is -0.379 e. The van der Waals surface area contributed by atoms with E-state index >= 15 is 0 Å². The summed E-state index contributed by atoms with van der Waals surface area (Å²) in [5.41, 5.74) is 4.28. The number of rotatable bonds is 3. The summed E-state index contributed by atoms with van der Waals surface area (Å²) in [4.78, 5) is 17.2. The first-order valence-electron chi connectivity index (χ1n) is 8.60. The molecule has 0 aliphatic carbocycles. The third-order valence-electron chi connectivity index (χ3n) is 4.82. The monoisotopic (exact) mass is 322 g/mol. The maximum atomic E-state index is 12.9.